The van der Waals surface area contributed by atoms with Crippen molar-refractivity contribution in [3.05, 3.63) is 0 Å². The van der Waals surface area contributed by atoms with E-state index >= 15 is 0 Å². The normalized spacial score (nSPS) is 37.1. The first-order valence-electron chi connectivity index (χ1n) is 6.36. The second-order valence-corrected chi connectivity index (χ2v) is 5.20. The van der Waals surface area contributed by atoms with Crippen LogP contribution in [0.5, 0.6) is 0 Å². The lowest BCUT2D eigenvalue weighted by Crippen LogP contribution is -2.53. The van der Waals surface area contributed by atoms with Gasteiger partial charge in [0.1, 0.15) is 0 Å². The summed E-state index contributed by atoms with van der Waals surface area (Å²) in [5, 5.41) is 3.30. The van der Waals surface area contributed by atoms with Crippen molar-refractivity contribution >= 4 is 5.91 Å². The molecule has 4 nitrogen and oxygen atoms in total. The molecule has 4 heteroatoms. The van der Waals surface area contributed by atoms with Crippen molar-refractivity contribution in [2.24, 2.45) is 5.92 Å². The summed E-state index contributed by atoms with van der Waals surface area (Å²) < 4.78 is 0. The molecule has 2 heterocycles. The van der Waals surface area contributed by atoms with Crippen LogP contribution < -0.4 is 5.32 Å². The predicted octanol–water partition coefficient (Wildman–Crippen LogP) is 0.495. The molecule has 1 amide bonds. The van der Waals surface area contributed by atoms with Crippen LogP contribution in [0.25, 0.3) is 0 Å². The van der Waals surface area contributed by atoms with Crippen LogP contribution in [0.1, 0.15) is 26.7 Å². The number of piperidine rings is 1. The summed E-state index contributed by atoms with van der Waals surface area (Å²) in [6.45, 7) is 7.14. The van der Waals surface area contributed by atoms with Gasteiger partial charge in [0.05, 0.1) is 12.7 Å². The lowest BCUT2D eigenvalue weighted by Gasteiger charge is -2.42. The lowest BCUT2D eigenvalue weighted by atomic mass is 9.92. The average Bonchev–Trinajstić information content (AvgIpc) is 2.60. The summed E-state index contributed by atoms with van der Waals surface area (Å²) in [5.41, 5.74) is 0. The number of hydrogen-bond donors (Lipinski definition) is 1. The molecule has 0 aliphatic carbocycles. The fourth-order valence-electron chi connectivity index (χ4n) is 3.08. The highest BCUT2D eigenvalue weighted by Crippen LogP contribution is 2.25. The molecular weight excluding hydrogens is 202 g/mol. The first kappa shape index (κ1) is 11.9. The molecule has 0 radical (unpaired) electrons. The van der Waals surface area contributed by atoms with Gasteiger partial charge in [-0.1, -0.05) is 13.8 Å². The fourth-order valence-corrected chi connectivity index (χ4v) is 3.08. The van der Waals surface area contributed by atoms with Crippen molar-refractivity contribution in [2.45, 2.75) is 38.9 Å². The first-order valence-corrected chi connectivity index (χ1v) is 6.36. The highest BCUT2D eigenvalue weighted by Gasteiger charge is 2.38. The minimum Gasteiger partial charge on any atom is -0.323 e. The van der Waals surface area contributed by atoms with Crippen molar-refractivity contribution in [1.29, 1.82) is 0 Å². The van der Waals surface area contributed by atoms with Gasteiger partial charge in [0.15, 0.2) is 0 Å². The SMILES string of the molecule is CCC1NCC(=O)N1C1CCN(C)CC1C. The summed E-state index contributed by atoms with van der Waals surface area (Å²) in [6.07, 6.45) is 2.38. The Morgan fingerprint density at radius 1 is 1.50 bits per heavy atom. The van der Waals surface area contributed by atoms with Crippen LogP contribution in [0.3, 0.4) is 0 Å². The molecule has 0 aromatic rings. The number of nitrogens with zero attached hydrogens (tertiary/aromatic N) is 2. The van der Waals surface area contributed by atoms with Gasteiger partial charge in [0.25, 0.3) is 0 Å². The van der Waals surface area contributed by atoms with Gasteiger partial charge >= 0.3 is 0 Å². The van der Waals surface area contributed by atoms with E-state index in [2.05, 4.69) is 36.0 Å². The summed E-state index contributed by atoms with van der Waals surface area (Å²) in [7, 11) is 2.16. The van der Waals surface area contributed by atoms with Crippen molar-refractivity contribution in [3.8, 4) is 0 Å². The third-order valence-electron chi connectivity index (χ3n) is 3.92. The first-order chi connectivity index (χ1) is 7.63. The topological polar surface area (TPSA) is 35.6 Å². The summed E-state index contributed by atoms with van der Waals surface area (Å²) >= 11 is 0. The molecule has 0 aromatic heterocycles. The largest absolute Gasteiger partial charge is 0.323 e. The molecule has 0 saturated carbocycles. The molecule has 2 saturated heterocycles. The van der Waals surface area contributed by atoms with Gasteiger partial charge in [-0.05, 0) is 32.4 Å². The van der Waals surface area contributed by atoms with Crippen LogP contribution in [0, 0.1) is 5.92 Å². The van der Waals surface area contributed by atoms with Gasteiger partial charge < -0.3 is 9.80 Å². The van der Waals surface area contributed by atoms with E-state index in [0.29, 0.717) is 18.5 Å². The van der Waals surface area contributed by atoms with Crippen molar-refractivity contribution < 1.29 is 4.79 Å². The van der Waals surface area contributed by atoms with Crippen LogP contribution in [0.2, 0.25) is 0 Å². The van der Waals surface area contributed by atoms with Gasteiger partial charge in [0.2, 0.25) is 5.91 Å². The number of hydrogen-bond acceptors (Lipinski definition) is 3. The van der Waals surface area contributed by atoms with E-state index in [9.17, 15) is 4.79 Å². The predicted molar refractivity (Wildman–Crippen MR) is 64.0 cm³/mol. The van der Waals surface area contributed by atoms with Crippen molar-refractivity contribution in [1.82, 2.24) is 15.1 Å². The van der Waals surface area contributed by atoms with Crippen LogP contribution in [0.15, 0.2) is 0 Å². The molecule has 0 bridgehead atoms. The van der Waals surface area contributed by atoms with Crippen molar-refractivity contribution in [3.63, 3.8) is 0 Å². The molecule has 2 rings (SSSR count). The van der Waals surface area contributed by atoms with E-state index in [-0.39, 0.29) is 12.1 Å². The molecule has 3 atom stereocenters. The third-order valence-corrected chi connectivity index (χ3v) is 3.92. The number of nitrogens with one attached hydrogen (secondary N) is 1. The van der Waals surface area contributed by atoms with Crippen LogP contribution in [-0.2, 0) is 4.79 Å². The van der Waals surface area contributed by atoms with Crippen LogP contribution >= 0.6 is 0 Å². The second-order valence-electron chi connectivity index (χ2n) is 5.20. The molecule has 2 aliphatic rings. The molecule has 2 fully saturated rings. The van der Waals surface area contributed by atoms with E-state index < -0.39 is 0 Å². The summed E-state index contributed by atoms with van der Waals surface area (Å²) in [5.74, 6) is 0.866. The molecule has 0 spiro atoms. The molecule has 0 aromatic carbocycles. The highest BCUT2D eigenvalue weighted by atomic mass is 16.2. The van der Waals surface area contributed by atoms with E-state index in [1.165, 1.54) is 0 Å². The quantitative estimate of drug-likeness (QED) is 0.743. The maximum absolute atomic E-state index is 11.9. The van der Waals surface area contributed by atoms with E-state index in [0.717, 1.165) is 25.9 Å². The fraction of sp³-hybridized carbons (Fsp3) is 0.917. The third kappa shape index (κ3) is 2.09. The monoisotopic (exact) mass is 225 g/mol. The van der Waals surface area contributed by atoms with Crippen molar-refractivity contribution in [2.75, 3.05) is 26.7 Å². The Labute approximate surface area is 98.0 Å². The lowest BCUT2D eigenvalue weighted by molar-refractivity contribution is -0.132. The standard InChI is InChI=1S/C12H23N3O/c1-4-11-13-7-12(16)15(11)10-5-6-14(3)8-9(10)2/h9-11,13H,4-8H2,1-3H3. The van der Waals surface area contributed by atoms with Gasteiger partial charge in [-0.2, -0.15) is 0 Å². The Morgan fingerprint density at radius 3 is 2.88 bits per heavy atom. The Kier molecular flexibility index (Phi) is 3.50. The van der Waals surface area contributed by atoms with Gasteiger partial charge in [-0.25, -0.2) is 0 Å². The minimum absolute atomic E-state index is 0.267. The number of carbonyl (C=O) groups excluding carboxylic acids is 1. The van der Waals surface area contributed by atoms with Crippen LogP contribution in [0.4, 0.5) is 0 Å². The van der Waals surface area contributed by atoms with Crippen LogP contribution in [-0.4, -0.2) is 54.6 Å². The van der Waals surface area contributed by atoms with Gasteiger partial charge in [-0.15, -0.1) is 0 Å². The Bertz CT molecular complexity index is 269. The molecule has 3 unspecified atom stereocenters. The smallest absolute Gasteiger partial charge is 0.238 e. The molecular formula is C12H23N3O. The maximum atomic E-state index is 11.9. The number of rotatable bonds is 2. The molecule has 92 valence electrons. The Morgan fingerprint density at radius 2 is 2.25 bits per heavy atom. The molecule has 2 aliphatic heterocycles. The second kappa shape index (κ2) is 4.72. The molecule has 16 heavy (non-hydrogen) atoms. The Balaban J connectivity index is 2.07. The van der Waals surface area contributed by atoms with Gasteiger partial charge in [0, 0.05) is 12.6 Å². The maximum Gasteiger partial charge on any atom is 0.238 e. The zero-order valence-corrected chi connectivity index (χ0v) is 10.6. The average molecular weight is 225 g/mol. The molecule has 1 N–H and O–H groups in total. The van der Waals surface area contributed by atoms with E-state index in [1.807, 2.05) is 0 Å². The Hall–Kier alpha value is -0.610. The minimum atomic E-state index is 0.267. The van der Waals surface area contributed by atoms with Gasteiger partial charge in [-0.3, -0.25) is 10.1 Å². The summed E-state index contributed by atoms with van der Waals surface area (Å²) in [6, 6.07) is 0.434. The zero-order valence-electron chi connectivity index (χ0n) is 10.6. The number of likely N-dealkylation sites (tertiary alicyclic amines) is 1. The highest BCUT2D eigenvalue weighted by molar-refractivity contribution is 5.81. The zero-order chi connectivity index (χ0) is 11.7. The van der Waals surface area contributed by atoms with E-state index in [1.54, 1.807) is 0 Å². The summed E-state index contributed by atoms with van der Waals surface area (Å²) in [4.78, 5) is 16.4. The number of carbonyl (C=O) groups is 1. The number of amides is 1. The van der Waals surface area contributed by atoms with E-state index in [4.69, 9.17) is 0 Å².